The van der Waals surface area contributed by atoms with Crippen molar-refractivity contribution in [2.24, 2.45) is 0 Å². The molecule has 0 spiro atoms. The van der Waals surface area contributed by atoms with Gasteiger partial charge in [0, 0.05) is 15.7 Å². The SMILES string of the molecule is CCOc1cc(/C=C2/SC(=O)N(CC(=O)c3ccc(Br)cc3)C2=O)ccc1OCC(=O)Nc1cccc(C)c1. The third kappa shape index (κ3) is 7.36. The van der Waals surface area contributed by atoms with Crippen molar-refractivity contribution in [1.29, 1.82) is 0 Å². The van der Waals surface area contributed by atoms with Crippen LogP contribution >= 0.6 is 27.7 Å². The molecule has 200 valence electrons. The maximum atomic E-state index is 12.9. The second kappa shape index (κ2) is 12.8. The highest BCUT2D eigenvalue weighted by molar-refractivity contribution is 9.10. The molecule has 0 saturated carbocycles. The molecule has 0 aromatic heterocycles. The van der Waals surface area contributed by atoms with Crippen LogP contribution in [0.1, 0.15) is 28.4 Å². The van der Waals surface area contributed by atoms with Crippen molar-refractivity contribution < 1.29 is 28.7 Å². The van der Waals surface area contributed by atoms with E-state index in [0.29, 0.717) is 34.9 Å². The van der Waals surface area contributed by atoms with Gasteiger partial charge in [-0.05, 0) is 79.2 Å². The van der Waals surface area contributed by atoms with Crippen molar-refractivity contribution in [2.45, 2.75) is 13.8 Å². The zero-order valence-corrected chi connectivity index (χ0v) is 23.6. The lowest BCUT2D eigenvalue weighted by molar-refractivity contribution is -0.122. The molecule has 39 heavy (non-hydrogen) atoms. The Kier molecular flexibility index (Phi) is 9.21. The Balaban J connectivity index is 1.43. The lowest BCUT2D eigenvalue weighted by atomic mass is 10.1. The Morgan fingerprint density at radius 2 is 1.77 bits per heavy atom. The molecule has 1 aliphatic rings. The second-order valence-electron chi connectivity index (χ2n) is 8.54. The molecule has 3 aromatic rings. The Bertz CT molecular complexity index is 1450. The summed E-state index contributed by atoms with van der Waals surface area (Å²) < 4.78 is 12.2. The molecule has 1 fully saturated rings. The summed E-state index contributed by atoms with van der Waals surface area (Å²) in [4.78, 5) is 51.5. The van der Waals surface area contributed by atoms with E-state index in [0.717, 1.165) is 26.7 Å². The Hall–Kier alpha value is -3.89. The van der Waals surface area contributed by atoms with E-state index in [-0.39, 0.29) is 29.7 Å². The minimum Gasteiger partial charge on any atom is -0.490 e. The molecule has 1 aliphatic heterocycles. The molecule has 10 heteroatoms. The molecule has 0 aliphatic carbocycles. The molecule has 0 radical (unpaired) electrons. The van der Waals surface area contributed by atoms with Crippen molar-refractivity contribution in [3.8, 4) is 11.5 Å². The van der Waals surface area contributed by atoms with E-state index in [1.165, 1.54) is 0 Å². The molecule has 8 nitrogen and oxygen atoms in total. The number of imide groups is 1. The van der Waals surface area contributed by atoms with Gasteiger partial charge in [-0.15, -0.1) is 0 Å². The van der Waals surface area contributed by atoms with Crippen LogP contribution in [0.5, 0.6) is 11.5 Å². The van der Waals surface area contributed by atoms with Crippen molar-refractivity contribution in [3.63, 3.8) is 0 Å². The summed E-state index contributed by atoms with van der Waals surface area (Å²) in [6.07, 6.45) is 1.56. The van der Waals surface area contributed by atoms with Crippen molar-refractivity contribution >= 4 is 62.3 Å². The van der Waals surface area contributed by atoms with Crippen LogP contribution in [0, 0.1) is 6.92 Å². The lowest BCUT2D eigenvalue weighted by Gasteiger charge is -2.13. The molecule has 0 unspecified atom stereocenters. The van der Waals surface area contributed by atoms with E-state index in [2.05, 4.69) is 21.2 Å². The monoisotopic (exact) mass is 608 g/mol. The van der Waals surface area contributed by atoms with Gasteiger partial charge in [0.1, 0.15) is 0 Å². The highest BCUT2D eigenvalue weighted by atomic mass is 79.9. The fraction of sp³-hybridized carbons (Fsp3) is 0.172. The maximum absolute atomic E-state index is 12.9. The summed E-state index contributed by atoms with van der Waals surface area (Å²) in [6, 6.07) is 19.1. The smallest absolute Gasteiger partial charge is 0.293 e. The number of Topliss-reactive ketones (excluding diaryl/α,β-unsaturated/α-hetero) is 1. The van der Waals surface area contributed by atoms with Crippen LogP contribution in [0.25, 0.3) is 6.08 Å². The predicted octanol–water partition coefficient (Wildman–Crippen LogP) is 6.09. The van der Waals surface area contributed by atoms with E-state index in [9.17, 15) is 19.2 Å². The number of benzene rings is 3. The third-order valence-electron chi connectivity index (χ3n) is 5.57. The van der Waals surface area contributed by atoms with Crippen LogP contribution < -0.4 is 14.8 Å². The molecule has 1 N–H and O–H groups in total. The first-order valence-corrected chi connectivity index (χ1v) is 13.6. The number of nitrogens with one attached hydrogen (secondary N) is 1. The van der Waals surface area contributed by atoms with Gasteiger partial charge in [0.2, 0.25) is 0 Å². The van der Waals surface area contributed by atoms with Gasteiger partial charge in [0.15, 0.2) is 23.9 Å². The first-order chi connectivity index (χ1) is 18.7. The third-order valence-corrected chi connectivity index (χ3v) is 7.00. The van der Waals surface area contributed by atoms with Gasteiger partial charge in [-0.2, -0.15) is 0 Å². The van der Waals surface area contributed by atoms with Gasteiger partial charge < -0.3 is 14.8 Å². The lowest BCUT2D eigenvalue weighted by Crippen LogP contribution is -2.33. The Morgan fingerprint density at radius 1 is 1.00 bits per heavy atom. The van der Waals surface area contributed by atoms with Gasteiger partial charge in [0.25, 0.3) is 17.1 Å². The number of anilines is 1. The normalized spacial score (nSPS) is 14.0. The fourth-order valence-corrected chi connectivity index (χ4v) is 4.83. The average molecular weight is 609 g/mol. The van der Waals surface area contributed by atoms with Crippen molar-refractivity contribution in [2.75, 3.05) is 25.1 Å². The highest BCUT2D eigenvalue weighted by Crippen LogP contribution is 2.35. The van der Waals surface area contributed by atoms with Crippen LogP contribution in [0.4, 0.5) is 10.5 Å². The van der Waals surface area contributed by atoms with E-state index in [4.69, 9.17) is 9.47 Å². The molecule has 3 aromatic carbocycles. The Morgan fingerprint density at radius 3 is 2.49 bits per heavy atom. The number of ether oxygens (including phenoxy) is 2. The number of thioether (sulfide) groups is 1. The minimum absolute atomic E-state index is 0.192. The maximum Gasteiger partial charge on any atom is 0.293 e. The molecule has 4 rings (SSSR count). The van der Waals surface area contributed by atoms with Crippen LogP contribution in [-0.4, -0.2) is 47.5 Å². The average Bonchev–Trinajstić information content (AvgIpc) is 3.16. The fourth-order valence-electron chi connectivity index (χ4n) is 3.72. The first kappa shape index (κ1) is 28.1. The van der Waals surface area contributed by atoms with E-state index in [1.807, 2.05) is 32.0 Å². The van der Waals surface area contributed by atoms with Crippen LogP contribution in [0.2, 0.25) is 0 Å². The topological polar surface area (TPSA) is 102 Å². The van der Waals surface area contributed by atoms with E-state index < -0.39 is 11.1 Å². The summed E-state index contributed by atoms with van der Waals surface area (Å²) in [5.74, 6) is -0.446. The number of nitrogens with zero attached hydrogens (tertiary/aromatic N) is 1. The van der Waals surface area contributed by atoms with Crippen molar-refractivity contribution in [1.82, 2.24) is 4.90 Å². The number of hydrogen-bond acceptors (Lipinski definition) is 7. The van der Waals surface area contributed by atoms with E-state index in [1.54, 1.807) is 54.6 Å². The minimum atomic E-state index is -0.540. The van der Waals surface area contributed by atoms with Crippen LogP contribution in [0.15, 0.2) is 76.1 Å². The van der Waals surface area contributed by atoms with Gasteiger partial charge in [-0.1, -0.05) is 46.3 Å². The van der Waals surface area contributed by atoms with Gasteiger partial charge in [-0.3, -0.25) is 24.1 Å². The second-order valence-corrected chi connectivity index (χ2v) is 10.5. The van der Waals surface area contributed by atoms with Gasteiger partial charge in [0.05, 0.1) is 18.1 Å². The molecular formula is C29H25BrN2O6S. The number of carbonyl (C=O) groups excluding carboxylic acids is 4. The number of amides is 3. The molecule has 3 amide bonds. The summed E-state index contributed by atoms with van der Waals surface area (Å²) in [5.41, 5.74) is 2.71. The summed E-state index contributed by atoms with van der Waals surface area (Å²) in [5, 5.41) is 2.27. The quantitative estimate of drug-likeness (QED) is 0.219. The number of hydrogen-bond donors (Lipinski definition) is 1. The summed E-state index contributed by atoms with van der Waals surface area (Å²) in [6.45, 7) is 3.54. The number of aryl methyl sites for hydroxylation is 1. The zero-order chi connectivity index (χ0) is 27.9. The molecule has 1 saturated heterocycles. The number of rotatable bonds is 10. The predicted molar refractivity (Wildman–Crippen MR) is 154 cm³/mol. The number of carbonyl (C=O) groups is 4. The number of ketones is 1. The van der Waals surface area contributed by atoms with Crippen molar-refractivity contribution in [3.05, 3.63) is 92.8 Å². The number of halogens is 1. The van der Waals surface area contributed by atoms with E-state index >= 15 is 0 Å². The first-order valence-electron chi connectivity index (χ1n) is 12.0. The zero-order valence-electron chi connectivity index (χ0n) is 21.2. The molecular weight excluding hydrogens is 584 g/mol. The Labute approximate surface area is 238 Å². The van der Waals surface area contributed by atoms with Gasteiger partial charge >= 0.3 is 0 Å². The highest BCUT2D eigenvalue weighted by Gasteiger charge is 2.36. The largest absolute Gasteiger partial charge is 0.490 e. The standard InChI is InChI=1S/C29H25BrN2O6S/c1-3-37-25-14-19(7-12-24(25)38-17-27(34)31-22-6-4-5-18(2)13-22)15-26-28(35)32(29(36)39-26)16-23(33)20-8-10-21(30)11-9-20/h4-15H,3,16-17H2,1-2H3,(H,31,34)/b26-15+. The summed E-state index contributed by atoms with van der Waals surface area (Å²) >= 11 is 4.08. The molecule has 0 atom stereocenters. The molecule has 1 heterocycles. The van der Waals surface area contributed by atoms with Crippen LogP contribution in [0.3, 0.4) is 0 Å². The van der Waals surface area contributed by atoms with Crippen LogP contribution in [-0.2, 0) is 9.59 Å². The summed E-state index contributed by atoms with van der Waals surface area (Å²) in [7, 11) is 0. The van der Waals surface area contributed by atoms with Gasteiger partial charge in [-0.25, -0.2) is 0 Å². The molecule has 0 bridgehead atoms.